The van der Waals surface area contributed by atoms with Crippen LogP contribution in [0.5, 0.6) is 0 Å². The van der Waals surface area contributed by atoms with Crippen molar-refractivity contribution < 1.29 is 23.1 Å². The Balaban J connectivity index is 2.87. The van der Waals surface area contributed by atoms with Crippen molar-refractivity contribution in [2.45, 2.75) is 6.18 Å². The fourth-order valence-electron chi connectivity index (χ4n) is 0.984. The highest BCUT2D eigenvalue weighted by Crippen LogP contribution is 2.32. The van der Waals surface area contributed by atoms with Crippen LogP contribution in [0.4, 0.5) is 19.0 Å². The van der Waals surface area contributed by atoms with Gasteiger partial charge in [0.25, 0.3) is 0 Å². The van der Waals surface area contributed by atoms with Crippen molar-refractivity contribution in [2.24, 2.45) is 5.10 Å². The summed E-state index contributed by atoms with van der Waals surface area (Å²) in [6.07, 6.45) is -3.17. The minimum atomic E-state index is -4.57. The molecule has 0 bridgehead atoms. The summed E-state index contributed by atoms with van der Waals surface area (Å²) in [5.41, 5.74) is 1.19. The van der Waals surface area contributed by atoms with Gasteiger partial charge in [0.15, 0.2) is 5.82 Å². The summed E-state index contributed by atoms with van der Waals surface area (Å²) in [6, 6.07) is 0.661. The number of aliphatic carboxylic acids is 1. The Morgan fingerprint density at radius 2 is 2.05 bits per heavy atom. The molecule has 114 valence electrons. The lowest BCUT2D eigenvalue weighted by atomic mass is 10.3. The number of pyridine rings is 1. The van der Waals surface area contributed by atoms with Crippen LogP contribution in [-0.4, -0.2) is 22.3 Å². The van der Waals surface area contributed by atoms with Crippen molar-refractivity contribution in [1.29, 1.82) is 0 Å². The molecule has 0 saturated carbocycles. The predicted octanol–water partition coefficient (Wildman–Crippen LogP) is 3.93. The number of hydrogen-bond donors (Lipinski definition) is 2. The molecule has 5 nitrogen and oxygen atoms in total. The zero-order chi connectivity index (χ0) is 16.2. The molecular formula is C10H5Cl3F3N3O2. The van der Waals surface area contributed by atoms with Gasteiger partial charge in [-0.2, -0.15) is 18.3 Å². The van der Waals surface area contributed by atoms with E-state index >= 15 is 0 Å². The minimum Gasteiger partial charge on any atom is -0.477 e. The average molecular weight is 363 g/mol. The summed E-state index contributed by atoms with van der Waals surface area (Å²) in [5.74, 6) is -1.63. The molecule has 1 rings (SSSR count). The van der Waals surface area contributed by atoms with Gasteiger partial charge < -0.3 is 5.11 Å². The van der Waals surface area contributed by atoms with Crippen LogP contribution in [0.3, 0.4) is 0 Å². The fraction of sp³-hybridized carbons (Fsp3) is 0.100. The van der Waals surface area contributed by atoms with Crippen molar-refractivity contribution in [1.82, 2.24) is 4.98 Å². The topological polar surface area (TPSA) is 74.6 Å². The average Bonchev–Trinajstić information content (AvgIpc) is 2.38. The van der Waals surface area contributed by atoms with Crippen LogP contribution < -0.4 is 5.43 Å². The van der Waals surface area contributed by atoms with Crippen LogP contribution in [-0.2, 0) is 11.0 Å². The van der Waals surface area contributed by atoms with E-state index in [9.17, 15) is 18.0 Å². The second-order valence-corrected chi connectivity index (χ2v) is 4.58. The van der Waals surface area contributed by atoms with Gasteiger partial charge in [0.2, 0.25) is 0 Å². The Hall–Kier alpha value is -1.51. The zero-order valence-electron chi connectivity index (χ0n) is 9.75. The Bertz CT molecular complexity index is 617. The SMILES string of the molecule is O=C(O)/C(Cl)=C(Cl)/C=N/Nc1ncc(C(F)(F)F)cc1Cl. The quantitative estimate of drug-likeness (QED) is 0.483. The lowest BCUT2D eigenvalue weighted by Crippen LogP contribution is -2.06. The van der Waals surface area contributed by atoms with Gasteiger partial charge in [0.1, 0.15) is 5.03 Å². The number of nitrogens with zero attached hydrogens (tertiary/aromatic N) is 2. The highest BCUT2D eigenvalue weighted by atomic mass is 35.5. The number of halogens is 6. The van der Waals surface area contributed by atoms with Crippen LogP contribution in [0.25, 0.3) is 0 Å². The summed E-state index contributed by atoms with van der Waals surface area (Å²) in [7, 11) is 0. The maximum atomic E-state index is 12.4. The number of carbonyl (C=O) groups is 1. The summed E-state index contributed by atoms with van der Waals surface area (Å²) in [4.78, 5) is 13.9. The number of nitrogens with one attached hydrogen (secondary N) is 1. The normalized spacial score (nSPS) is 13.2. The monoisotopic (exact) mass is 361 g/mol. The third-order valence-corrected chi connectivity index (χ3v) is 2.95. The van der Waals surface area contributed by atoms with Gasteiger partial charge in [-0.1, -0.05) is 34.8 Å². The van der Waals surface area contributed by atoms with Gasteiger partial charge in [0.05, 0.1) is 21.8 Å². The first kappa shape index (κ1) is 17.5. The molecule has 0 aliphatic carbocycles. The number of anilines is 1. The van der Waals surface area contributed by atoms with Gasteiger partial charge in [-0.25, -0.2) is 9.78 Å². The molecule has 0 aliphatic rings. The zero-order valence-corrected chi connectivity index (χ0v) is 12.0. The smallest absolute Gasteiger partial charge is 0.417 e. The molecule has 1 aromatic rings. The van der Waals surface area contributed by atoms with Crippen LogP contribution in [0.1, 0.15) is 5.56 Å². The van der Waals surface area contributed by atoms with Crippen molar-refractivity contribution in [3.8, 4) is 0 Å². The van der Waals surface area contributed by atoms with Crippen LogP contribution in [0, 0.1) is 0 Å². The number of carboxylic acids is 1. The number of aromatic nitrogens is 1. The highest BCUT2D eigenvalue weighted by Gasteiger charge is 2.31. The molecule has 0 spiro atoms. The van der Waals surface area contributed by atoms with E-state index in [1.54, 1.807) is 0 Å². The molecule has 1 aromatic heterocycles. The Morgan fingerprint density at radius 3 is 2.52 bits per heavy atom. The first-order valence-electron chi connectivity index (χ1n) is 4.93. The molecule has 0 aliphatic heterocycles. The van der Waals surface area contributed by atoms with E-state index in [1.165, 1.54) is 0 Å². The molecule has 1 heterocycles. The maximum absolute atomic E-state index is 12.4. The number of alkyl halides is 3. The predicted molar refractivity (Wildman–Crippen MR) is 72.7 cm³/mol. The summed E-state index contributed by atoms with van der Waals surface area (Å²) >= 11 is 16.4. The molecular weight excluding hydrogens is 357 g/mol. The summed E-state index contributed by atoms with van der Waals surface area (Å²) < 4.78 is 37.1. The molecule has 0 atom stereocenters. The number of carboxylic acid groups (broad SMARTS) is 1. The Labute approximate surface area is 131 Å². The molecule has 11 heteroatoms. The van der Waals surface area contributed by atoms with E-state index < -0.39 is 22.7 Å². The largest absolute Gasteiger partial charge is 0.477 e. The van der Waals surface area contributed by atoms with Crippen LogP contribution in [0.15, 0.2) is 27.4 Å². The molecule has 21 heavy (non-hydrogen) atoms. The number of hydrogen-bond acceptors (Lipinski definition) is 4. The molecule has 0 radical (unpaired) electrons. The van der Waals surface area contributed by atoms with Gasteiger partial charge >= 0.3 is 12.1 Å². The third-order valence-electron chi connectivity index (χ3n) is 1.91. The maximum Gasteiger partial charge on any atom is 0.417 e. The highest BCUT2D eigenvalue weighted by molar-refractivity contribution is 6.51. The summed E-state index contributed by atoms with van der Waals surface area (Å²) in [6.45, 7) is 0. The molecule has 0 unspecified atom stereocenters. The van der Waals surface area contributed by atoms with E-state index in [0.29, 0.717) is 12.3 Å². The Morgan fingerprint density at radius 1 is 1.43 bits per heavy atom. The number of allylic oxidation sites excluding steroid dienone is 1. The lowest BCUT2D eigenvalue weighted by molar-refractivity contribution is -0.137. The van der Waals surface area contributed by atoms with E-state index in [0.717, 1.165) is 6.21 Å². The molecule has 0 fully saturated rings. The summed E-state index contributed by atoms with van der Waals surface area (Å²) in [5, 5.41) is 10.6. The van der Waals surface area contributed by atoms with E-state index in [-0.39, 0.29) is 15.9 Å². The molecule has 0 amide bonds. The minimum absolute atomic E-state index is 0.170. The molecule has 2 N–H and O–H groups in total. The van der Waals surface area contributed by atoms with Crippen molar-refractivity contribution in [3.05, 3.63) is 32.9 Å². The second-order valence-electron chi connectivity index (χ2n) is 3.39. The molecule has 0 saturated heterocycles. The van der Waals surface area contributed by atoms with Gasteiger partial charge in [-0.05, 0) is 6.07 Å². The number of hydrazone groups is 1. The number of rotatable bonds is 4. The first-order valence-corrected chi connectivity index (χ1v) is 6.06. The standard InChI is InChI=1S/C10H5Cl3F3N3O2/c11-5-1-4(10(14,15)16)2-17-8(5)19-18-3-6(12)7(13)9(20)21/h1-3H,(H,17,19)(H,20,21)/b7-6+,18-3+. The fourth-order valence-corrected chi connectivity index (χ4v) is 1.37. The van der Waals surface area contributed by atoms with Gasteiger partial charge in [-0.3, -0.25) is 5.43 Å². The van der Waals surface area contributed by atoms with Crippen LogP contribution in [0.2, 0.25) is 5.02 Å². The van der Waals surface area contributed by atoms with Crippen molar-refractivity contribution in [3.63, 3.8) is 0 Å². The van der Waals surface area contributed by atoms with E-state index in [4.69, 9.17) is 39.9 Å². The van der Waals surface area contributed by atoms with Crippen LogP contribution >= 0.6 is 34.8 Å². The Kier molecular flexibility index (Phi) is 5.82. The lowest BCUT2D eigenvalue weighted by Gasteiger charge is -2.08. The first-order chi connectivity index (χ1) is 9.62. The van der Waals surface area contributed by atoms with Crippen molar-refractivity contribution >= 4 is 52.8 Å². The van der Waals surface area contributed by atoms with E-state index in [1.807, 2.05) is 0 Å². The van der Waals surface area contributed by atoms with E-state index in [2.05, 4.69) is 15.5 Å². The van der Waals surface area contributed by atoms with Gasteiger partial charge in [0, 0.05) is 6.20 Å². The van der Waals surface area contributed by atoms with Gasteiger partial charge in [-0.15, -0.1) is 0 Å². The third kappa shape index (κ3) is 5.07. The van der Waals surface area contributed by atoms with Crippen molar-refractivity contribution in [2.75, 3.05) is 5.43 Å². The molecule has 0 aromatic carbocycles. The second kappa shape index (κ2) is 6.97.